The zero-order valence-corrected chi connectivity index (χ0v) is 63.4. The van der Waals surface area contributed by atoms with Crippen molar-refractivity contribution < 1.29 is 67.6 Å². The number of nitrogens with zero attached hydrogens (tertiary/aromatic N) is 11. The summed E-state index contributed by atoms with van der Waals surface area (Å²) < 4.78 is 166. The van der Waals surface area contributed by atoms with E-state index in [9.17, 15) is 58.3 Å². The second kappa shape index (κ2) is 33.5. The van der Waals surface area contributed by atoms with Crippen LogP contribution in [0.3, 0.4) is 0 Å². The predicted octanol–water partition coefficient (Wildman–Crippen LogP) is 12.9. The molecule has 4 saturated heterocycles. The molecule has 12 heterocycles. The summed E-state index contributed by atoms with van der Waals surface area (Å²) in [6, 6.07) is 26.9. The second-order valence-corrected chi connectivity index (χ2v) is 29.4. The highest BCUT2D eigenvalue weighted by Crippen LogP contribution is 2.42. The summed E-state index contributed by atoms with van der Waals surface area (Å²) in [4.78, 5) is 59.2. The largest absolute Gasteiger partial charge is 0.497 e. The van der Waals surface area contributed by atoms with Crippen LogP contribution in [0, 0.1) is 12.9 Å². The fourth-order valence-corrected chi connectivity index (χ4v) is 15.7. The van der Waals surface area contributed by atoms with E-state index in [2.05, 4.69) is 61.7 Å². The number of piperazine rings is 3. The summed E-state index contributed by atoms with van der Waals surface area (Å²) in [7, 11) is 3.22. The van der Waals surface area contributed by atoms with E-state index in [1.807, 2.05) is 52.0 Å². The number of aromatic amines is 2. The number of carbonyl (C=O) groups is 1. The Labute approximate surface area is 637 Å². The van der Waals surface area contributed by atoms with Gasteiger partial charge in [0.25, 0.3) is 0 Å². The predicted molar refractivity (Wildman–Crippen MR) is 412 cm³/mol. The van der Waals surface area contributed by atoms with Gasteiger partial charge in [0.1, 0.15) is 28.5 Å². The quantitative estimate of drug-likeness (QED) is 0.0590. The van der Waals surface area contributed by atoms with Crippen LogP contribution in [0.15, 0.2) is 125 Å². The molecule has 12 aromatic rings. The first-order valence-electron chi connectivity index (χ1n) is 37.4. The van der Waals surface area contributed by atoms with Crippen molar-refractivity contribution >= 4 is 93.3 Å². The Morgan fingerprint density at radius 1 is 0.500 bits per heavy atom. The van der Waals surface area contributed by atoms with Crippen LogP contribution in [-0.4, -0.2) is 219 Å². The Balaban J connectivity index is 0.000000131. The van der Waals surface area contributed by atoms with Gasteiger partial charge in [-0.25, -0.2) is 14.8 Å². The average Bonchev–Trinajstić information content (AvgIpc) is 1.60. The van der Waals surface area contributed by atoms with Crippen molar-refractivity contribution in [3.63, 3.8) is 0 Å². The SMILES string of the molecule is CC(C)(C)OC(=O)N1CCN(CCn2c3cc(=O)ccc3c3cc[nH]c(C(F)(F)F)c32)CC1.COc1ccc2c3cc(F)nc(C)c3n(CC(C)N3CCOCC3)c2c1.COc1ccc2c3ccnc(C(F)(F)F)c3n(CCN3CCNCC3)c2c1.O=c1ccc2c3cc[nH]c(C(F)(F)F)c3n(CCN3CCNCC3)c2c1. The molecule has 1 amide bonds. The lowest BCUT2D eigenvalue weighted by Crippen LogP contribution is -2.50. The first-order valence-corrected chi connectivity index (χ1v) is 37.4. The molecule has 0 saturated carbocycles. The molecule has 1 unspecified atom stereocenters. The van der Waals surface area contributed by atoms with Crippen LogP contribution in [0.4, 0.5) is 48.7 Å². The normalized spacial score (nSPS) is 16.5. The number of rotatable bonds is 14. The van der Waals surface area contributed by atoms with Crippen molar-refractivity contribution in [3.05, 3.63) is 165 Å². The molecule has 4 aromatic carbocycles. The molecule has 4 aliphatic rings. The number of fused-ring (bicyclic) bond motifs is 12. The molecule has 0 aliphatic carbocycles. The molecule has 32 heteroatoms. The number of halogens is 10. The van der Waals surface area contributed by atoms with E-state index in [1.54, 1.807) is 75.3 Å². The van der Waals surface area contributed by atoms with Crippen LogP contribution < -0.4 is 31.0 Å². The molecule has 4 N–H and O–H groups in total. The van der Waals surface area contributed by atoms with E-state index in [1.165, 1.54) is 48.9 Å². The van der Waals surface area contributed by atoms with Gasteiger partial charge in [0.2, 0.25) is 5.95 Å². The molecule has 0 radical (unpaired) electrons. The second-order valence-electron chi connectivity index (χ2n) is 29.4. The van der Waals surface area contributed by atoms with Gasteiger partial charge in [-0.3, -0.25) is 29.2 Å². The molecular formula is C80H91F10N15O7. The third kappa shape index (κ3) is 17.7. The van der Waals surface area contributed by atoms with Crippen LogP contribution in [0.1, 0.15) is 50.5 Å². The average molecular weight is 1560 g/mol. The number of alkyl halides is 9. The van der Waals surface area contributed by atoms with E-state index in [-0.39, 0.29) is 40.0 Å². The van der Waals surface area contributed by atoms with E-state index in [4.69, 9.17) is 18.9 Å². The zero-order valence-electron chi connectivity index (χ0n) is 63.4. The lowest BCUT2D eigenvalue weighted by molar-refractivity contribution is -0.140. The van der Waals surface area contributed by atoms with Gasteiger partial charge in [-0.1, -0.05) is 0 Å². The highest BCUT2D eigenvalue weighted by atomic mass is 19.4. The van der Waals surface area contributed by atoms with Gasteiger partial charge in [-0.05, 0) is 101 Å². The number of ether oxygens (including phenoxy) is 4. The van der Waals surface area contributed by atoms with E-state index < -0.39 is 47.2 Å². The van der Waals surface area contributed by atoms with Crippen molar-refractivity contribution in [2.24, 2.45) is 0 Å². The highest BCUT2D eigenvalue weighted by molar-refractivity contribution is 6.12. The van der Waals surface area contributed by atoms with Crippen LogP contribution in [0.5, 0.6) is 11.5 Å². The fraction of sp³-hybridized carbons (Fsp3) is 0.438. The lowest BCUT2D eigenvalue weighted by Gasteiger charge is -2.35. The van der Waals surface area contributed by atoms with Crippen LogP contribution in [0.25, 0.3) is 87.2 Å². The van der Waals surface area contributed by atoms with Crippen molar-refractivity contribution in [2.45, 2.75) is 91.0 Å². The number of morpholine rings is 1. The number of hydrogen-bond acceptors (Lipinski definition) is 15. The summed E-state index contributed by atoms with van der Waals surface area (Å²) in [6.45, 7) is 25.9. The van der Waals surface area contributed by atoms with Crippen molar-refractivity contribution in [3.8, 4) is 11.5 Å². The lowest BCUT2D eigenvalue weighted by atomic mass is 10.1. The number of benzene rings is 4. The molecule has 112 heavy (non-hydrogen) atoms. The van der Waals surface area contributed by atoms with E-state index in [0.29, 0.717) is 114 Å². The maximum Gasteiger partial charge on any atom is 0.435 e. The number of methoxy groups -OCH3 is 2. The maximum absolute atomic E-state index is 14.0. The Kier molecular flexibility index (Phi) is 24.0. The molecule has 4 fully saturated rings. The topological polar surface area (TPSA) is 205 Å². The first-order chi connectivity index (χ1) is 53.5. The number of pyridine rings is 4. The highest BCUT2D eigenvalue weighted by Gasteiger charge is 2.39. The minimum atomic E-state index is -4.56. The monoisotopic (exact) mass is 1560 g/mol. The third-order valence-corrected chi connectivity index (χ3v) is 21.1. The van der Waals surface area contributed by atoms with Gasteiger partial charge in [0.05, 0.1) is 77.3 Å². The zero-order chi connectivity index (χ0) is 79.6. The standard InChI is InChI=1S/C23H27F3N4O3.C20H24FN3O2.C19H21F3N4O.C18H19F3N4O/c1-22(2,3)33-21(32)29-11-8-28(9-12-29)10-13-30-18-14-15(31)4-5-16(18)17-6-7-27-20(19(17)30)23(24,25)26;1-13(23-6-8-26-9-7-23)12-24-18-10-15(25-3)4-5-16(18)17-11-19(21)22-14(2)20(17)24;1-27-13-2-3-14-15-4-5-24-18(19(20,21)22)17(15)26(16(14)12-13)11-10-25-8-6-23-7-9-25;19-18(20,21)17-16-14(3-4-23-17)13-2-1-12(26)11-15(13)25(16)10-9-24-7-5-22-6-8-24/h4-7,14,27H,8-13H2,1-3H3;4-5,10-11,13H,6-9,12H2,1-3H3;2-5,12,23H,6-11H2,1H3;1-4,11,22-23H,5-10H2. The Bertz CT molecular complexity index is 5480. The number of H-pyrrole nitrogens is 2. The summed E-state index contributed by atoms with van der Waals surface area (Å²) >= 11 is 0. The Hall–Kier alpha value is -9.83. The fourth-order valence-electron chi connectivity index (χ4n) is 15.7. The number of carbonyl (C=O) groups excluding carboxylic acids is 1. The van der Waals surface area contributed by atoms with Gasteiger partial charge < -0.3 is 62.7 Å². The number of aromatic nitrogens is 8. The number of hydrogen-bond donors (Lipinski definition) is 4. The Morgan fingerprint density at radius 2 is 0.938 bits per heavy atom. The van der Waals surface area contributed by atoms with Gasteiger partial charge in [-0.15, -0.1) is 0 Å². The number of amides is 1. The first kappa shape index (κ1) is 80.2. The van der Waals surface area contributed by atoms with Crippen LogP contribution >= 0.6 is 0 Å². The number of aryl methyl sites for hydroxylation is 1. The molecular weight excluding hydrogens is 1470 g/mol. The van der Waals surface area contributed by atoms with Gasteiger partial charge in [0, 0.05) is 235 Å². The smallest absolute Gasteiger partial charge is 0.435 e. The molecule has 4 aliphatic heterocycles. The molecule has 0 spiro atoms. The summed E-state index contributed by atoms with van der Waals surface area (Å²) in [5.74, 6) is 0.980. The third-order valence-electron chi connectivity index (χ3n) is 21.1. The molecule has 8 aromatic heterocycles. The molecule has 16 rings (SSSR count). The molecule has 22 nitrogen and oxygen atoms in total. The van der Waals surface area contributed by atoms with Crippen molar-refractivity contribution in [2.75, 3.05) is 139 Å². The van der Waals surface area contributed by atoms with Crippen molar-refractivity contribution in [1.82, 2.24) is 73.3 Å². The summed E-state index contributed by atoms with van der Waals surface area (Å²) in [5, 5.41) is 12.1. The number of nitrogens with one attached hydrogen (secondary N) is 4. The summed E-state index contributed by atoms with van der Waals surface area (Å²) in [5.41, 5.74) is 1.33. The molecule has 1 atom stereocenters. The minimum absolute atomic E-state index is 0.0398. The van der Waals surface area contributed by atoms with Gasteiger partial charge in [-0.2, -0.15) is 43.9 Å². The van der Waals surface area contributed by atoms with Crippen LogP contribution in [0.2, 0.25) is 0 Å². The molecule has 0 bridgehead atoms. The molecule has 598 valence electrons. The van der Waals surface area contributed by atoms with E-state index >= 15 is 0 Å². The van der Waals surface area contributed by atoms with Crippen molar-refractivity contribution in [1.29, 1.82) is 0 Å². The van der Waals surface area contributed by atoms with Gasteiger partial charge in [0.15, 0.2) is 16.6 Å². The summed E-state index contributed by atoms with van der Waals surface area (Å²) in [6.07, 6.45) is -10.1. The minimum Gasteiger partial charge on any atom is -0.497 e. The van der Waals surface area contributed by atoms with Gasteiger partial charge >= 0.3 is 24.6 Å². The van der Waals surface area contributed by atoms with Crippen LogP contribution in [-0.2, 0) is 54.2 Å². The van der Waals surface area contributed by atoms with E-state index in [0.717, 1.165) is 124 Å². The Morgan fingerprint density at radius 3 is 1.40 bits per heavy atom. The maximum atomic E-state index is 14.0.